The number of alkyl halides is 3. The summed E-state index contributed by atoms with van der Waals surface area (Å²) in [7, 11) is 0. The van der Waals surface area contributed by atoms with Crippen molar-refractivity contribution in [3.63, 3.8) is 0 Å². The van der Waals surface area contributed by atoms with Crippen molar-refractivity contribution in [2.24, 2.45) is 0 Å². The standard InChI is InChI=1S/C13H15F3O2/c1-3-5-8-17-11-7-6-10(4-2)9-12(11)18-13(14,15)16/h4,6-7,9H,2-3,5,8H2,1H3. The molecule has 0 amide bonds. The monoisotopic (exact) mass is 260 g/mol. The smallest absolute Gasteiger partial charge is 0.490 e. The molecule has 0 N–H and O–H groups in total. The topological polar surface area (TPSA) is 18.5 Å². The maximum atomic E-state index is 12.2. The third-order valence-corrected chi connectivity index (χ3v) is 2.18. The molecule has 18 heavy (non-hydrogen) atoms. The zero-order valence-corrected chi connectivity index (χ0v) is 10.1. The summed E-state index contributed by atoms with van der Waals surface area (Å²) in [6.07, 6.45) is -1.61. The van der Waals surface area contributed by atoms with Gasteiger partial charge in [0, 0.05) is 0 Å². The molecule has 0 unspecified atom stereocenters. The maximum absolute atomic E-state index is 12.2. The van der Waals surface area contributed by atoms with Gasteiger partial charge in [-0.05, 0) is 24.1 Å². The van der Waals surface area contributed by atoms with Gasteiger partial charge in [0.05, 0.1) is 6.61 Å². The Hall–Kier alpha value is -1.65. The Kier molecular flexibility index (Phi) is 5.07. The first-order valence-electron chi connectivity index (χ1n) is 5.61. The molecule has 0 bridgehead atoms. The average Bonchev–Trinajstić information content (AvgIpc) is 2.29. The van der Waals surface area contributed by atoms with Crippen LogP contribution in [-0.4, -0.2) is 13.0 Å². The first-order valence-corrected chi connectivity index (χ1v) is 5.61. The van der Waals surface area contributed by atoms with Gasteiger partial charge in [-0.2, -0.15) is 0 Å². The zero-order valence-electron chi connectivity index (χ0n) is 10.1. The van der Waals surface area contributed by atoms with E-state index in [1.165, 1.54) is 18.2 Å². The minimum atomic E-state index is -4.73. The predicted octanol–water partition coefficient (Wildman–Crippen LogP) is 4.41. The van der Waals surface area contributed by atoms with E-state index in [9.17, 15) is 13.2 Å². The fraction of sp³-hybridized carbons (Fsp3) is 0.385. The van der Waals surface area contributed by atoms with Crippen LogP contribution in [0.4, 0.5) is 13.2 Å². The van der Waals surface area contributed by atoms with Crippen LogP contribution in [0, 0.1) is 0 Å². The number of hydrogen-bond acceptors (Lipinski definition) is 2. The number of ether oxygens (including phenoxy) is 2. The zero-order chi connectivity index (χ0) is 13.6. The van der Waals surface area contributed by atoms with E-state index in [0.717, 1.165) is 12.8 Å². The second-order valence-corrected chi connectivity index (χ2v) is 3.66. The minimum absolute atomic E-state index is 0.0892. The summed E-state index contributed by atoms with van der Waals surface area (Å²) >= 11 is 0. The van der Waals surface area contributed by atoms with Crippen LogP contribution in [0.25, 0.3) is 6.08 Å². The van der Waals surface area contributed by atoms with Crippen LogP contribution >= 0.6 is 0 Å². The lowest BCUT2D eigenvalue weighted by molar-refractivity contribution is -0.275. The largest absolute Gasteiger partial charge is 0.573 e. The van der Waals surface area contributed by atoms with Crippen molar-refractivity contribution in [3.8, 4) is 11.5 Å². The molecule has 0 fully saturated rings. The molecule has 0 aliphatic rings. The Labute approximate surface area is 104 Å². The third kappa shape index (κ3) is 4.69. The van der Waals surface area contributed by atoms with Crippen molar-refractivity contribution in [1.29, 1.82) is 0 Å². The molecular weight excluding hydrogens is 245 g/mol. The van der Waals surface area contributed by atoms with Crippen LogP contribution in [0.1, 0.15) is 25.3 Å². The van der Waals surface area contributed by atoms with Gasteiger partial charge in [0.2, 0.25) is 0 Å². The summed E-state index contributed by atoms with van der Waals surface area (Å²) in [5.74, 6) is -0.248. The molecule has 0 aliphatic carbocycles. The van der Waals surface area contributed by atoms with Crippen molar-refractivity contribution in [3.05, 3.63) is 30.3 Å². The van der Waals surface area contributed by atoms with Gasteiger partial charge in [0.25, 0.3) is 0 Å². The molecule has 1 aromatic rings. The van der Waals surface area contributed by atoms with Gasteiger partial charge in [-0.1, -0.05) is 32.1 Å². The van der Waals surface area contributed by atoms with Crippen molar-refractivity contribution < 1.29 is 22.6 Å². The second-order valence-electron chi connectivity index (χ2n) is 3.66. The van der Waals surface area contributed by atoms with Gasteiger partial charge in [-0.15, -0.1) is 13.2 Å². The van der Waals surface area contributed by atoms with Gasteiger partial charge < -0.3 is 9.47 Å². The van der Waals surface area contributed by atoms with E-state index >= 15 is 0 Å². The van der Waals surface area contributed by atoms with Gasteiger partial charge in [0.15, 0.2) is 11.5 Å². The average molecular weight is 260 g/mol. The van der Waals surface area contributed by atoms with E-state index in [-0.39, 0.29) is 11.5 Å². The summed E-state index contributed by atoms with van der Waals surface area (Å²) in [6.45, 7) is 5.82. The number of benzene rings is 1. The molecule has 2 nitrogen and oxygen atoms in total. The lowest BCUT2D eigenvalue weighted by Gasteiger charge is -2.14. The summed E-state index contributed by atoms with van der Waals surface area (Å²) < 4.78 is 45.9. The first kappa shape index (κ1) is 14.4. The van der Waals surface area contributed by atoms with Gasteiger partial charge in [0.1, 0.15) is 0 Å². The molecule has 0 saturated carbocycles. The summed E-state index contributed by atoms with van der Waals surface area (Å²) in [4.78, 5) is 0. The highest BCUT2D eigenvalue weighted by molar-refractivity contribution is 5.54. The van der Waals surface area contributed by atoms with Gasteiger partial charge in [-0.3, -0.25) is 0 Å². The maximum Gasteiger partial charge on any atom is 0.573 e. The van der Waals surface area contributed by atoms with Crippen LogP contribution in [0.5, 0.6) is 11.5 Å². The number of rotatable bonds is 6. The van der Waals surface area contributed by atoms with Crippen molar-refractivity contribution in [1.82, 2.24) is 0 Å². The molecule has 0 heterocycles. The number of hydrogen-bond donors (Lipinski definition) is 0. The molecule has 1 rings (SSSR count). The molecule has 0 saturated heterocycles. The number of halogens is 3. The normalized spacial score (nSPS) is 11.1. The molecule has 0 radical (unpaired) electrons. The Balaban J connectivity index is 2.89. The van der Waals surface area contributed by atoms with Gasteiger partial charge in [-0.25, -0.2) is 0 Å². The van der Waals surface area contributed by atoms with E-state index in [1.54, 1.807) is 6.07 Å². The van der Waals surface area contributed by atoms with E-state index < -0.39 is 6.36 Å². The SMILES string of the molecule is C=Cc1ccc(OCCCC)c(OC(F)(F)F)c1. The quantitative estimate of drug-likeness (QED) is 0.705. The van der Waals surface area contributed by atoms with Crippen molar-refractivity contribution >= 4 is 6.08 Å². The van der Waals surface area contributed by atoms with Crippen molar-refractivity contribution in [2.75, 3.05) is 6.61 Å². The second kappa shape index (κ2) is 6.33. The first-order chi connectivity index (χ1) is 8.46. The summed E-state index contributed by atoms with van der Waals surface area (Å²) in [6, 6.07) is 4.33. The lowest BCUT2D eigenvalue weighted by Crippen LogP contribution is -2.18. The highest BCUT2D eigenvalue weighted by Crippen LogP contribution is 2.33. The van der Waals surface area contributed by atoms with Gasteiger partial charge >= 0.3 is 6.36 Å². The highest BCUT2D eigenvalue weighted by atomic mass is 19.4. The predicted molar refractivity (Wildman–Crippen MR) is 63.6 cm³/mol. The van der Waals surface area contributed by atoms with Crippen LogP contribution in [0.3, 0.4) is 0 Å². The minimum Gasteiger partial charge on any atom is -0.490 e. The van der Waals surface area contributed by atoms with Crippen LogP contribution in [0.2, 0.25) is 0 Å². The Morgan fingerprint density at radius 3 is 2.56 bits per heavy atom. The lowest BCUT2D eigenvalue weighted by atomic mass is 10.2. The number of unbranched alkanes of at least 4 members (excludes halogenated alkanes) is 1. The van der Waals surface area contributed by atoms with Crippen LogP contribution in [-0.2, 0) is 0 Å². The molecule has 0 aromatic heterocycles. The molecule has 100 valence electrons. The fourth-order valence-corrected chi connectivity index (χ4v) is 1.30. The van der Waals surface area contributed by atoms with E-state index in [2.05, 4.69) is 11.3 Å². The van der Waals surface area contributed by atoms with Crippen molar-refractivity contribution in [2.45, 2.75) is 26.1 Å². The highest BCUT2D eigenvalue weighted by Gasteiger charge is 2.32. The molecular formula is C13H15F3O2. The summed E-state index contributed by atoms with van der Waals surface area (Å²) in [5, 5.41) is 0. The van der Waals surface area contributed by atoms with Crippen LogP contribution in [0.15, 0.2) is 24.8 Å². The molecule has 1 aromatic carbocycles. The Bertz CT molecular complexity index is 400. The molecule has 0 atom stereocenters. The fourth-order valence-electron chi connectivity index (χ4n) is 1.30. The Morgan fingerprint density at radius 1 is 1.28 bits per heavy atom. The third-order valence-electron chi connectivity index (χ3n) is 2.18. The Morgan fingerprint density at radius 2 is 2.00 bits per heavy atom. The molecule has 0 spiro atoms. The van der Waals surface area contributed by atoms with Crippen LogP contribution < -0.4 is 9.47 Å². The molecule has 5 heteroatoms. The molecule has 0 aliphatic heterocycles. The van der Waals surface area contributed by atoms with E-state index in [4.69, 9.17) is 4.74 Å². The summed E-state index contributed by atoms with van der Waals surface area (Å²) in [5.41, 5.74) is 0.539. The van der Waals surface area contributed by atoms with E-state index in [1.807, 2.05) is 6.92 Å². The van der Waals surface area contributed by atoms with E-state index in [0.29, 0.717) is 12.2 Å².